The molecule has 0 spiro atoms. The summed E-state index contributed by atoms with van der Waals surface area (Å²) in [5, 5.41) is 11.8. The van der Waals surface area contributed by atoms with Crippen LogP contribution >= 0.6 is 0 Å². The number of benzene rings is 1. The minimum atomic E-state index is -0.223. The summed E-state index contributed by atoms with van der Waals surface area (Å²) in [4.78, 5) is 7.34. The lowest BCUT2D eigenvalue weighted by Crippen LogP contribution is -2.39. The lowest BCUT2D eigenvalue weighted by atomic mass is 10.1. The molecule has 0 saturated carbocycles. The van der Waals surface area contributed by atoms with Crippen molar-refractivity contribution in [2.24, 2.45) is 4.99 Å². The van der Waals surface area contributed by atoms with Gasteiger partial charge in [-0.15, -0.1) is 0 Å². The first kappa shape index (κ1) is 17.0. The molecule has 0 aliphatic rings. The molecule has 0 radical (unpaired) electrons. The standard InChI is InChI=1S/C18H23FN6/c1-20-18(21-7-2-10-25-11-3-8-24-25)22-9-6-14-13-23-17-12-15(19)4-5-16(14)17/h3-5,8,11-13,23H,2,6-7,9-10H2,1H3,(H2,20,21,22). The Morgan fingerprint density at radius 2 is 2.20 bits per heavy atom. The Balaban J connectivity index is 1.41. The van der Waals surface area contributed by atoms with Gasteiger partial charge in [0.25, 0.3) is 0 Å². The molecule has 7 heteroatoms. The summed E-state index contributed by atoms with van der Waals surface area (Å²) in [6.07, 6.45) is 7.48. The number of nitrogens with one attached hydrogen (secondary N) is 3. The first-order valence-corrected chi connectivity index (χ1v) is 8.44. The van der Waals surface area contributed by atoms with Gasteiger partial charge in [0, 0.05) is 56.2 Å². The fourth-order valence-electron chi connectivity index (χ4n) is 2.78. The number of nitrogens with zero attached hydrogens (tertiary/aromatic N) is 3. The van der Waals surface area contributed by atoms with Gasteiger partial charge in [0.15, 0.2) is 5.96 Å². The lowest BCUT2D eigenvalue weighted by Gasteiger charge is -2.11. The number of aromatic amines is 1. The van der Waals surface area contributed by atoms with Crippen LogP contribution in [0, 0.1) is 5.82 Å². The maximum Gasteiger partial charge on any atom is 0.190 e. The van der Waals surface area contributed by atoms with Gasteiger partial charge >= 0.3 is 0 Å². The molecule has 3 N–H and O–H groups in total. The molecular formula is C18H23FN6. The van der Waals surface area contributed by atoms with E-state index >= 15 is 0 Å². The van der Waals surface area contributed by atoms with E-state index in [1.807, 2.05) is 29.2 Å². The van der Waals surface area contributed by atoms with Crippen molar-refractivity contribution in [3.8, 4) is 0 Å². The van der Waals surface area contributed by atoms with Gasteiger partial charge in [-0.1, -0.05) is 0 Å². The molecule has 3 rings (SSSR count). The Kier molecular flexibility index (Phi) is 5.66. The van der Waals surface area contributed by atoms with Crippen LogP contribution in [0.3, 0.4) is 0 Å². The molecule has 1 aromatic carbocycles. The summed E-state index contributed by atoms with van der Waals surface area (Å²) in [6.45, 7) is 2.46. The van der Waals surface area contributed by atoms with E-state index in [1.165, 1.54) is 12.1 Å². The first-order valence-electron chi connectivity index (χ1n) is 8.44. The van der Waals surface area contributed by atoms with Crippen LogP contribution in [0.25, 0.3) is 10.9 Å². The lowest BCUT2D eigenvalue weighted by molar-refractivity contribution is 0.570. The van der Waals surface area contributed by atoms with Crippen LogP contribution in [0.5, 0.6) is 0 Å². The van der Waals surface area contributed by atoms with E-state index < -0.39 is 0 Å². The SMILES string of the molecule is CN=C(NCCCn1cccn1)NCCc1c[nH]c2cc(F)ccc12. The van der Waals surface area contributed by atoms with Crippen molar-refractivity contribution in [1.82, 2.24) is 25.4 Å². The smallest absolute Gasteiger partial charge is 0.190 e. The predicted octanol–water partition coefficient (Wildman–Crippen LogP) is 2.30. The van der Waals surface area contributed by atoms with Crippen molar-refractivity contribution in [2.75, 3.05) is 20.1 Å². The molecule has 3 aromatic rings. The van der Waals surface area contributed by atoms with Gasteiger partial charge in [-0.05, 0) is 42.7 Å². The summed E-state index contributed by atoms with van der Waals surface area (Å²) in [5.41, 5.74) is 1.99. The molecule has 0 bridgehead atoms. The Morgan fingerprint density at radius 1 is 1.32 bits per heavy atom. The fraction of sp³-hybridized carbons (Fsp3) is 0.333. The topological polar surface area (TPSA) is 70.0 Å². The summed E-state index contributed by atoms with van der Waals surface area (Å²) in [7, 11) is 1.76. The zero-order chi connectivity index (χ0) is 17.5. The molecule has 0 saturated heterocycles. The van der Waals surface area contributed by atoms with E-state index in [9.17, 15) is 4.39 Å². The van der Waals surface area contributed by atoms with Gasteiger partial charge in [-0.3, -0.25) is 9.67 Å². The number of hydrogen-bond acceptors (Lipinski definition) is 2. The van der Waals surface area contributed by atoms with Crippen LogP contribution in [-0.4, -0.2) is 40.9 Å². The van der Waals surface area contributed by atoms with Gasteiger partial charge in [0.2, 0.25) is 0 Å². The number of H-pyrrole nitrogens is 1. The van der Waals surface area contributed by atoms with Crippen molar-refractivity contribution >= 4 is 16.9 Å². The van der Waals surface area contributed by atoms with E-state index in [2.05, 4.69) is 25.7 Å². The molecule has 0 unspecified atom stereocenters. The average Bonchev–Trinajstić information content (AvgIpc) is 3.26. The zero-order valence-electron chi connectivity index (χ0n) is 14.3. The third-order valence-corrected chi connectivity index (χ3v) is 4.06. The highest BCUT2D eigenvalue weighted by Gasteiger charge is 2.05. The normalized spacial score (nSPS) is 11.8. The highest BCUT2D eigenvalue weighted by atomic mass is 19.1. The number of fused-ring (bicyclic) bond motifs is 1. The van der Waals surface area contributed by atoms with Crippen molar-refractivity contribution in [2.45, 2.75) is 19.4 Å². The van der Waals surface area contributed by atoms with Crippen molar-refractivity contribution < 1.29 is 4.39 Å². The van der Waals surface area contributed by atoms with Crippen LogP contribution in [0.2, 0.25) is 0 Å². The number of aromatic nitrogens is 3. The monoisotopic (exact) mass is 342 g/mol. The third-order valence-electron chi connectivity index (χ3n) is 4.06. The van der Waals surface area contributed by atoms with Gasteiger partial charge < -0.3 is 15.6 Å². The maximum atomic E-state index is 13.2. The van der Waals surface area contributed by atoms with E-state index in [1.54, 1.807) is 13.2 Å². The predicted molar refractivity (Wildman–Crippen MR) is 98.2 cm³/mol. The molecule has 6 nitrogen and oxygen atoms in total. The highest BCUT2D eigenvalue weighted by Crippen LogP contribution is 2.19. The number of halogens is 1. The van der Waals surface area contributed by atoms with Crippen molar-refractivity contribution in [1.29, 1.82) is 0 Å². The molecule has 0 fully saturated rings. The number of rotatable bonds is 7. The van der Waals surface area contributed by atoms with Crippen LogP contribution in [-0.2, 0) is 13.0 Å². The van der Waals surface area contributed by atoms with Crippen LogP contribution in [0.15, 0.2) is 47.8 Å². The maximum absolute atomic E-state index is 13.2. The second kappa shape index (κ2) is 8.32. The summed E-state index contributed by atoms with van der Waals surface area (Å²) < 4.78 is 15.1. The minimum Gasteiger partial charge on any atom is -0.361 e. The third kappa shape index (κ3) is 4.59. The molecule has 2 heterocycles. The van der Waals surface area contributed by atoms with E-state index in [4.69, 9.17) is 0 Å². The van der Waals surface area contributed by atoms with Crippen LogP contribution in [0.1, 0.15) is 12.0 Å². The molecule has 0 aliphatic heterocycles. The fourth-order valence-corrected chi connectivity index (χ4v) is 2.78. The van der Waals surface area contributed by atoms with Crippen LogP contribution in [0.4, 0.5) is 4.39 Å². The Morgan fingerprint density at radius 3 is 3.00 bits per heavy atom. The van der Waals surface area contributed by atoms with Gasteiger partial charge in [-0.2, -0.15) is 5.10 Å². The first-order chi connectivity index (χ1) is 12.3. The minimum absolute atomic E-state index is 0.223. The van der Waals surface area contributed by atoms with Gasteiger partial charge in [-0.25, -0.2) is 4.39 Å². The second-order valence-electron chi connectivity index (χ2n) is 5.80. The van der Waals surface area contributed by atoms with Crippen molar-refractivity contribution in [3.05, 3.63) is 54.2 Å². The van der Waals surface area contributed by atoms with E-state index in [0.717, 1.165) is 54.9 Å². The Labute approximate surface area is 146 Å². The second-order valence-corrected chi connectivity index (χ2v) is 5.80. The largest absolute Gasteiger partial charge is 0.361 e. The van der Waals surface area contributed by atoms with Gasteiger partial charge in [0.1, 0.15) is 5.82 Å². The Hall–Kier alpha value is -2.83. The highest BCUT2D eigenvalue weighted by molar-refractivity contribution is 5.83. The number of aryl methyl sites for hydroxylation is 1. The number of guanidine groups is 1. The average molecular weight is 342 g/mol. The molecule has 132 valence electrons. The molecule has 2 aromatic heterocycles. The van der Waals surface area contributed by atoms with Crippen molar-refractivity contribution in [3.63, 3.8) is 0 Å². The number of aliphatic imine (C=N–C) groups is 1. The molecular weight excluding hydrogens is 319 g/mol. The quantitative estimate of drug-likeness (QED) is 0.351. The van der Waals surface area contributed by atoms with E-state index in [0.29, 0.717) is 0 Å². The molecule has 0 atom stereocenters. The number of hydrogen-bond donors (Lipinski definition) is 3. The summed E-state index contributed by atoms with van der Waals surface area (Å²) in [5.74, 6) is 0.560. The van der Waals surface area contributed by atoms with Crippen LogP contribution < -0.4 is 10.6 Å². The Bertz CT molecular complexity index is 821. The zero-order valence-corrected chi connectivity index (χ0v) is 14.3. The molecule has 0 amide bonds. The summed E-state index contributed by atoms with van der Waals surface area (Å²) in [6, 6.07) is 6.76. The van der Waals surface area contributed by atoms with Gasteiger partial charge in [0.05, 0.1) is 0 Å². The molecule has 0 aliphatic carbocycles. The molecule has 25 heavy (non-hydrogen) atoms. The van der Waals surface area contributed by atoms with E-state index in [-0.39, 0.29) is 5.82 Å². The summed E-state index contributed by atoms with van der Waals surface area (Å²) >= 11 is 0.